The lowest BCUT2D eigenvalue weighted by Crippen LogP contribution is -2.38. The van der Waals surface area contributed by atoms with Gasteiger partial charge in [-0.2, -0.15) is 10.4 Å². The van der Waals surface area contributed by atoms with Crippen LogP contribution in [0.4, 0.5) is 5.82 Å². The van der Waals surface area contributed by atoms with Gasteiger partial charge in [0.05, 0.1) is 35.2 Å². The molecule has 10 nitrogen and oxygen atoms in total. The van der Waals surface area contributed by atoms with Crippen molar-refractivity contribution in [1.29, 1.82) is 5.26 Å². The predicted octanol–water partition coefficient (Wildman–Crippen LogP) is 3.55. The second kappa shape index (κ2) is 10.2. The molecule has 0 aliphatic carbocycles. The number of hydrogen-bond acceptors (Lipinski definition) is 8. The van der Waals surface area contributed by atoms with Crippen molar-refractivity contribution >= 4 is 34.4 Å². The summed E-state index contributed by atoms with van der Waals surface area (Å²) in [7, 11) is 0. The number of nitriles is 1. The molecule has 1 amide bonds. The lowest BCUT2D eigenvalue weighted by atomic mass is 10.3. The molecule has 11 heteroatoms. The average Bonchev–Trinajstić information content (AvgIpc) is 3.27. The van der Waals surface area contributed by atoms with Gasteiger partial charge in [0, 0.05) is 6.20 Å². The molecule has 4 aromatic rings. The number of amides is 1. The normalized spacial score (nSPS) is 11.9. The Morgan fingerprint density at radius 2 is 2.00 bits per heavy atom. The fraction of sp³-hybridized carbons (Fsp3) is 0.217. The smallest absolute Gasteiger partial charge is 0.269 e. The summed E-state index contributed by atoms with van der Waals surface area (Å²) in [5, 5.41) is 17.0. The van der Waals surface area contributed by atoms with Gasteiger partial charge in [-0.25, -0.2) is 19.6 Å². The number of halogens is 1. The van der Waals surface area contributed by atoms with Crippen LogP contribution in [0.25, 0.3) is 16.7 Å². The summed E-state index contributed by atoms with van der Waals surface area (Å²) < 4.78 is 13.2. The number of nitrogens with zero attached hydrogens (tertiary/aromatic N) is 6. The molecule has 0 fully saturated rings. The van der Waals surface area contributed by atoms with Crippen LogP contribution in [0.2, 0.25) is 5.02 Å². The van der Waals surface area contributed by atoms with Crippen LogP contribution in [-0.2, 0) is 9.53 Å². The molecule has 1 N–H and O–H groups in total. The maximum atomic E-state index is 13.0. The minimum Gasteiger partial charge on any atom is -0.461 e. The second-order valence-corrected chi connectivity index (χ2v) is 7.85. The van der Waals surface area contributed by atoms with Crippen molar-refractivity contribution in [1.82, 2.24) is 24.7 Å². The van der Waals surface area contributed by atoms with Crippen LogP contribution < -0.4 is 10.1 Å². The Bertz CT molecular complexity index is 1350. The molecule has 3 heterocycles. The van der Waals surface area contributed by atoms with Crippen molar-refractivity contribution in [2.75, 3.05) is 11.9 Å². The highest BCUT2D eigenvalue weighted by Gasteiger charge is 2.25. The van der Waals surface area contributed by atoms with Crippen LogP contribution in [0.15, 0.2) is 55.1 Å². The number of hydrogen-bond donors (Lipinski definition) is 1. The summed E-state index contributed by atoms with van der Waals surface area (Å²) in [6.07, 6.45) is 3.08. The van der Waals surface area contributed by atoms with E-state index < -0.39 is 12.0 Å². The molecule has 0 saturated heterocycles. The Labute approximate surface area is 200 Å². The van der Waals surface area contributed by atoms with E-state index in [4.69, 9.17) is 26.3 Å². The van der Waals surface area contributed by atoms with E-state index in [1.807, 2.05) is 38.1 Å². The van der Waals surface area contributed by atoms with Gasteiger partial charge in [0.15, 0.2) is 5.65 Å². The van der Waals surface area contributed by atoms with Gasteiger partial charge in [-0.05, 0) is 38.1 Å². The van der Waals surface area contributed by atoms with E-state index in [0.29, 0.717) is 27.3 Å². The maximum Gasteiger partial charge on any atom is 0.269 e. The molecule has 0 saturated carbocycles. The molecule has 0 spiro atoms. The van der Waals surface area contributed by atoms with Crippen LogP contribution in [0.3, 0.4) is 0 Å². The summed E-state index contributed by atoms with van der Waals surface area (Å²) in [5.74, 6) is -0.0340. The van der Waals surface area contributed by atoms with Gasteiger partial charge in [0.2, 0.25) is 12.0 Å². The monoisotopic (exact) mass is 477 g/mol. The van der Waals surface area contributed by atoms with Gasteiger partial charge in [-0.15, -0.1) is 0 Å². The van der Waals surface area contributed by atoms with Crippen molar-refractivity contribution < 1.29 is 14.3 Å². The third-order valence-electron chi connectivity index (χ3n) is 4.68. The molecule has 0 radical (unpaired) electrons. The van der Waals surface area contributed by atoms with Crippen LogP contribution in [-0.4, -0.2) is 49.5 Å². The standard InChI is InChI=1S/C23H20ClN7O3/c1-14(2)33-12-19(22(32)30-20-8-7-15(9-25)10-26-20)34-23-16-11-29-31(21(16)27-13-28-23)18-6-4-3-5-17(18)24/h3-8,10-11,13-14,19H,12H2,1-2H3,(H,26,30,32). The number of ether oxygens (including phenoxy) is 2. The average molecular weight is 478 g/mol. The first-order valence-corrected chi connectivity index (χ1v) is 10.7. The highest BCUT2D eigenvalue weighted by Crippen LogP contribution is 2.27. The third-order valence-corrected chi connectivity index (χ3v) is 5.00. The van der Waals surface area contributed by atoms with Crippen molar-refractivity contribution in [2.45, 2.75) is 26.1 Å². The van der Waals surface area contributed by atoms with E-state index in [-0.39, 0.29) is 24.4 Å². The lowest BCUT2D eigenvalue weighted by Gasteiger charge is -2.19. The SMILES string of the molecule is CC(C)OCC(Oc1ncnc2c1cnn2-c1ccccc1Cl)C(=O)Nc1ccc(C#N)cn1. The van der Waals surface area contributed by atoms with Crippen LogP contribution in [0, 0.1) is 11.3 Å². The number of fused-ring (bicyclic) bond motifs is 1. The maximum absolute atomic E-state index is 13.0. The lowest BCUT2D eigenvalue weighted by molar-refractivity contribution is -0.126. The molecule has 1 atom stereocenters. The third kappa shape index (κ3) is 5.11. The Morgan fingerprint density at radius 3 is 2.71 bits per heavy atom. The number of carbonyl (C=O) groups excluding carboxylic acids is 1. The molecule has 34 heavy (non-hydrogen) atoms. The van der Waals surface area contributed by atoms with E-state index in [9.17, 15) is 4.79 Å². The first kappa shape index (κ1) is 23.1. The number of para-hydroxylation sites is 1. The number of benzene rings is 1. The highest BCUT2D eigenvalue weighted by molar-refractivity contribution is 6.32. The zero-order chi connectivity index (χ0) is 24.1. The van der Waals surface area contributed by atoms with Crippen LogP contribution in [0.1, 0.15) is 19.4 Å². The summed E-state index contributed by atoms with van der Waals surface area (Å²) in [5.41, 5.74) is 1.50. The van der Waals surface area contributed by atoms with Crippen LogP contribution >= 0.6 is 11.6 Å². The molecule has 0 aliphatic rings. The fourth-order valence-electron chi connectivity index (χ4n) is 3.03. The zero-order valence-electron chi connectivity index (χ0n) is 18.3. The van der Waals surface area contributed by atoms with Gasteiger partial charge in [0.1, 0.15) is 23.6 Å². The van der Waals surface area contributed by atoms with Crippen LogP contribution in [0.5, 0.6) is 5.88 Å². The van der Waals surface area contributed by atoms with Crippen molar-refractivity contribution in [3.8, 4) is 17.6 Å². The van der Waals surface area contributed by atoms with Gasteiger partial charge in [-0.1, -0.05) is 23.7 Å². The topological polar surface area (TPSA) is 128 Å². The molecule has 3 aromatic heterocycles. The number of anilines is 1. The molecule has 4 rings (SSSR count). The van der Waals surface area contributed by atoms with E-state index in [1.54, 1.807) is 23.0 Å². The van der Waals surface area contributed by atoms with Gasteiger partial charge < -0.3 is 14.8 Å². The molecule has 1 aromatic carbocycles. The summed E-state index contributed by atoms with van der Waals surface area (Å²) in [6.45, 7) is 3.69. The molecule has 1 unspecified atom stereocenters. The van der Waals surface area contributed by atoms with Crippen molar-refractivity contribution in [2.24, 2.45) is 0 Å². The summed E-state index contributed by atoms with van der Waals surface area (Å²) in [4.78, 5) is 25.6. The van der Waals surface area contributed by atoms with Crippen molar-refractivity contribution in [3.63, 3.8) is 0 Å². The molecular weight excluding hydrogens is 458 g/mol. The van der Waals surface area contributed by atoms with E-state index in [1.165, 1.54) is 18.6 Å². The quantitative estimate of drug-likeness (QED) is 0.408. The highest BCUT2D eigenvalue weighted by atomic mass is 35.5. The largest absolute Gasteiger partial charge is 0.461 e. The number of nitrogens with one attached hydrogen (secondary N) is 1. The van der Waals surface area contributed by atoms with E-state index in [0.717, 1.165) is 0 Å². The number of carbonyl (C=O) groups is 1. The first-order chi connectivity index (χ1) is 16.5. The van der Waals surface area contributed by atoms with Crippen molar-refractivity contribution in [3.05, 3.63) is 65.7 Å². The Balaban J connectivity index is 1.62. The second-order valence-electron chi connectivity index (χ2n) is 7.45. The molecule has 172 valence electrons. The summed E-state index contributed by atoms with van der Waals surface area (Å²) in [6, 6.07) is 12.3. The molecule has 0 aliphatic heterocycles. The fourth-order valence-corrected chi connectivity index (χ4v) is 3.25. The van der Waals surface area contributed by atoms with Gasteiger partial charge in [-0.3, -0.25) is 4.79 Å². The number of pyridine rings is 1. The zero-order valence-corrected chi connectivity index (χ0v) is 19.1. The predicted molar refractivity (Wildman–Crippen MR) is 125 cm³/mol. The van der Waals surface area contributed by atoms with Gasteiger partial charge in [0.25, 0.3) is 5.91 Å². The minimum atomic E-state index is -1.04. The van der Waals surface area contributed by atoms with Gasteiger partial charge >= 0.3 is 0 Å². The molecule has 0 bridgehead atoms. The van der Waals surface area contributed by atoms with E-state index in [2.05, 4.69) is 25.4 Å². The summed E-state index contributed by atoms with van der Waals surface area (Å²) >= 11 is 6.32. The molecular formula is C23H20ClN7O3. The number of rotatable bonds is 8. The minimum absolute atomic E-state index is 0.0239. The number of aromatic nitrogens is 5. The Kier molecular flexibility index (Phi) is 6.96. The Hall–Kier alpha value is -4.07. The Morgan fingerprint density at radius 1 is 1.18 bits per heavy atom. The first-order valence-electron chi connectivity index (χ1n) is 10.3. The van der Waals surface area contributed by atoms with E-state index >= 15 is 0 Å².